The lowest BCUT2D eigenvalue weighted by atomic mass is 9.84. The molecule has 2 fully saturated rings. The van der Waals surface area contributed by atoms with E-state index in [0.29, 0.717) is 50.0 Å². The first kappa shape index (κ1) is 45.1. The first-order valence-electron chi connectivity index (χ1n) is 21.5. The smallest absolute Gasteiger partial charge is 0.355 e. The van der Waals surface area contributed by atoms with Crippen LogP contribution in [0.5, 0.6) is 0 Å². The second kappa shape index (κ2) is 18.4. The van der Waals surface area contributed by atoms with Gasteiger partial charge in [0.2, 0.25) is 11.6 Å². The number of thiazole rings is 1. The zero-order valence-electron chi connectivity index (χ0n) is 37.0. The molecule has 4 amide bonds. The monoisotopic (exact) mass is 872 g/mol. The Labute approximate surface area is 366 Å². The summed E-state index contributed by atoms with van der Waals surface area (Å²) in [5.74, 6) is -2.29. The maximum Gasteiger partial charge on any atom is 0.355 e. The Balaban J connectivity index is 1.31. The number of ether oxygens (including phenoxy) is 3. The number of carbonyl (C=O) groups is 4. The third-order valence-electron chi connectivity index (χ3n) is 12.2. The number of esters is 1. The van der Waals surface area contributed by atoms with Crippen molar-refractivity contribution in [2.24, 2.45) is 11.3 Å². The molecule has 3 aliphatic heterocycles. The molecule has 4 aromatic rings. The second-order valence-corrected chi connectivity index (χ2v) is 18.6. The van der Waals surface area contributed by atoms with Crippen molar-refractivity contribution in [3.63, 3.8) is 0 Å². The first-order chi connectivity index (χ1) is 29.6. The van der Waals surface area contributed by atoms with Crippen molar-refractivity contribution in [2.45, 2.75) is 97.7 Å². The van der Waals surface area contributed by atoms with Gasteiger partial charge >= 0.3 is 12.0 Å². The van der Waals surface area contributed by atoms with Gasteiger partial charge in [-0.15, -0.1) is 11.3 Å². The zero-order chi connectivity index (χ0) is 44.5. The number of aromatic nitrogens is 3. The van der Waals surface area contributed by atoms with Crippen LogP contribution < -0.4 is 10.7 Å². The van der Waals surface area contributed by atoms with E-state index in [4.69, 9.17) is 24.2 Å². The van der Waals surface area contributed by atoms with Crippen molar-refractivity contribution in [1.82, 2.24) is 40.1 Å². The number of pyridine rings is 1. The highest BCUT2D eigenvalue weighted by atomic mass is 32.1. The zero-order valence-corrected chi connectivity index (χ0v) is 37.8. The average Bonchev–Trinajstić information content (AvgIpc) is 3.85. The van der Waals surface area contributed by atoms with Gasteiger partial charge in [0.25, 0.3) is 5.91 Å². The number of rotatable bonds is 8. The number of hydrogen-bond acceptors (Lipinski definition) is 12. The van der Waals surface area contributed by atoms with Gasteiger partial charge in [-0.1, -0.05) is 33.8 Å². The van der Waals surface area contributed by atoms with Crippen LogP contribution in [-0.2, 0) is 48.0 Å². The summed E-state index contributed by atoms with van der Waals surface area (Å²) in [6.07, 6.45) is 2.30. The number of benzene rings is 1. The molecule has 3 aromatic heterocycles. The minimum Gasteiger partial charge on any atom is -0.462 e. The van der Waals surface area contributed by atoms with E-state index < -0.39 is 41.0 Å². The maximum atomic E-state index is 14.6. The Morgan fingerprint density at radius 1 is 1.15 bits per heavy atom. The normalized spacial score (nSPS) is 21.9. The van der Waals surface area contributed by atoms with E-state index in [9.17, 15) is 24.3 Å². The van der Waals surface area contributed by atoms with Gasteiger partial charge in [0.15, 0.2) is 0 Å². The third-order valence-corrected chi connectivity index (χ3v) is 13.0. The predicted octanol–water partition coefficient (Wildman–Crippen LogP) is 4.93. The molecule has 0 radical (unpaired) electrons. The largest absolute Gasteiger partial charge is 0.462 e. The van der Waals surface area contributed by atoms with Crippen molar-refractivity contribution < 1.29 is 38.5 Å². The van der Waals surface area contributed by atoms with Crippen molar-refractivity contribution in [1.29, 1.82) is 0 Å². The Morgan fingerprint density at radius 3 is 2.61 bits per heavy atom. The van der Waals surface area contributed by atoms with E-state index >= 15 is 0 Å². The minimum absolute atomic E-state index is 0.00512. The predicted molar refractivity (Wildman–Crippen MR) is 235 cm³/mol. The molecule has 334 valence electrons. The first-order valence-corrected chi connectivity index (χ1v) is 22.4. The fourth-order valence-corrected chi connectivity index (χ4v) is 9.73. The molecule has 4 atom stereocenters. The molecule has 0 spiro atoms. The summed E-state index contributed by atoms with van der Waals surface area (Å²) in [6.45, 7) is 14.3. The number of hydrogen-bond donors (Lipinski definition) is 3. The summed E-state index contributed by atoms with van der Waals surface area (Å²) >= 11 is 1.37. The number of carbonyl (C=O) groups excluding carboxylic acids is 4. The minimum atomic E-state index is -2.21. The van der Waals surface area contributed by atoms with Gasteiger partial charge in [-0.05, 0) is 62.4 Å². The molecule has 3 N–H and O–H groups in total. The lowest BCUT2D eigenvalue weighted by Crippen LogP contribution is -2.67. The molecule has 0 aliphatic carbocycles. The quantitative estimate of drug-likeness (QED) is 0.205. The van der Waals surface area contributed by atoms with Crippen LogP contribution in [0.25, 0.3) is 33.4 Å². The standard InChI is InChI=1S/C45H60N8O8S/c1-9-52-35-14-13-29-22-31(35)32(39(52)30-12-10-16-46-37(30)28(4)59-8)24-44(5,6)26-61-42(56)45(58)15-11-17-53(49-45)41(55)33(23-36-47-34(29)25-62-36)48-40(54)38(27(2)3)50(7)43(57)51-18-20-60-21-19-51/h10,12-14,16,22,25,27-28,33,38,49,58H,9,11,15,17-21,23-24,26H2,1-8H3,(H,48,54)/t28-,33-,38-,45-/m0/s1. The highest BCUT2D eigenvalue weighted by molar-refractivity contribution is 7.10. The fourth-order valence-electron chi connectivity index (χ4n) is 8.88. The summed E-state index contributed by atoms with van der Waals surface area (Å²) in [5, 5.41) is 19.5. The molecule has 0 saturated carbocycles. The number of urea groups is 1. The summed E-state index contributed by atoms with van der Waals surface area (Å²) in [7, 11) is 3.26. The molecular weight excluding hydrogens is 813 g/mol. The Bertz CT molecular complexity index is 2300. The molecular formula is C45H60N8O8S. The van der Waals surface area contributed by atoms with Crippen LogP contribution in [0.1, 0.15) is 76.8 Å². The van der Waals surface area contributed by atoms with E-state index in [-0.39, 0.29) is 50.5 Å². The van der Waals surface area contributed by atoms with Crippen molar-refractivity contribution in [3.8, 4) is 22.5 Å². The topological polar surface area (TPSA) is 181 Å². The molecule has 16 nitrogen and oxygen atoms in total. The van der Waals surface area contributed by atoms with E-state index in [1.54, 1.807) is 25.3 Å². The Hall–Kier alpha value is -4.94. The second-order valence-electron chi connectivity index (χ2n) is 17.7. The average molecular weight is 873 g/mol. The Kier molecular flexibility index (Phi) is 13.4. The van der Waals surface area contributed by atoms with Crippen LogP contribution in [0.2, 0.25) is 0 Å². The van der Waals surface area contributed by atoms with Gasteiger partial charge in [0.05, 0.1) is 48.0 Å². The number of fused-ring (bicyclic) bond motifs is 6. The summed E-state index contributed by atoms with van der Waals surface area (Å²) in [4.78, 5) is 69.2. The molecule has 62 heavy (non-hydrogen) atoms. The number of aryl methyl sites for hydroxylation is 1. The van der Waals surface area contributed by atoms with E-state index in [1.165, 1.54) is 21.2 Å². The number of hydrazine groups is 1. The number of aliphatic hydroxyl groups is 1. The molecule has 2 saturated heterocycles. The van der Waals surface area contributed by atoms with Crippen LogP contribution in [0, 0.1) is 11.3 Å². The lowest BCUT2D eigenvalue weighted by Gasteiger charge is -2.40. The van der Waals surface area contributed by atoms with E-state index in [1.807, 2.05) is 52.1 Å². The highest BCUT2D eigenvalue weighted by Gasteiger charge is 2.45. The SMILES string of the molecule is CCn1c(-c2cccnc2[C@H](C)OC)c2c3cc(ccc31)-c1csc(n1)C[C@H](NC(=O)[C@H](C(C)C)N(C)C(=O)N1CCOCC1)C(=O)N1CCC[C@@](O)(N1)C(=O)OCC(C)(C)C2. The van der Waals surface area contributed by atoms with Gasteiger partial charge in [-0.2, -0.15) is 5.43 Å². The van der Waals surface area contributed by atoms with Gasteiger partial charge in [-0.3, -0.25) is 19.6 Å². The summed E-state index contributed by atoms with van der Waals surface area (Å²) in [5.41, 5.74) is 6.34. The van der Waals surface area contributed by atoms with E-state index in [0.717, 1.165) is 39.0 Å². The van der Waals surface area contributed by atoms with Crippen LogP contribution in [-0.4, -0.2) is 130 Å². The molecule has 1 aromatic carbocycles. The molecule has 17 heteroatoms. The van der Waals surface area contributed by atoms with Gasteiger partial charge < -0.3 is 39.0 Å². The number of amides is 4. The highest BCUT2D eigenvalue weighted by Crippen LogP contribution is 2.42. The van der Waals surface area contributed by atoms with Crippen LogP contribution in [0.4, 0.5) is 4.79 Å². The summed E-state index contributed by atoms with van der Waals surface area (Å²) in [6, 6.07) is 7.89. The number of nitrogens with one attached hydrogen (secondary N) is 2. The molecule has 7 rings (SSSR count). The number of likely N-dealkylation sites (N-methyl/N-ethyl adjacent to an activating group) is 1. The van der Waals surface area contributed by atoms with Gasteiger partial charge in [0.1, 0.15) is 12.1 Å². The van der Waals surface area contributed by atoms with E-state index in [2.05, 4.69) is 40.4 Å². The van der Waals surface area contributed by atoms with Crippen molar-refractivity contribution in [2.75, 3.05) is 53.6 Å². The number of cyclic esters (lactones) is 1. The van der Waals surface area contributed by atoms with Gasteiger partial charge in [0, 0.05) is 92.2 Å². The molecule has 6 bridgehead atoms. The van der Waals surface area contributed by atoms with Crippen LogP contribution >= 0.6 is 11.3 Å². The number of morpholine rings is 1. The van der Waals surface area contributed by atoms with Crippen molar-refractivity contribution >= 4 is 46.1 Å². The molecule has 3 aliphatic rings. The van der Waals surface area contributed by atoms with Gasteiger partial charge in [-0.25, -0.2) is 14.6 Å². The van der Waals surface area contributed by atoms with Crippen LogP contribution in [0.3, 0.4) is 0 Å². The lowest BCUT2D eigenvalue weighted by molar-refractivity contribution is -0.189. The summed E-state index contributed by atoms with van der Waals surface area (Å²) < 4.78 is 19.4. The maximum absolute atomic E-state index is 14.6. The van der Waals surface area contributed by atoms with Crippen molar-refractivity contribution in [3.05, 3.63) is 58.2 Å². The molecule has 6 heterocycles. The number of methoxy groups -OCH3 is 1. The third kappa shape index (κ3) is 9.09. The fraction of sp³-hybridized carbons (Fsp3) is 0.556. The number of nitrogens with zero attached hydrogens (tertiary/aromatic N) is 6. The molecule has 0 unspecified atom stereocenters. The van der Waals surface area contributed by atoms with Crippen LogP contribution in [0.15, 0.2) is 41.9 Å². The Morgan fingerprint density at radius 2 is 1.90 bits per heavy atom.